The van der Waals surface area contributed by atoms with Crippen molar-refractivity contribution in [1.82, 2.24) is 14.9 Å². The van der Waals surface area contributed by atoms with Gasteiger partial charge in [0.05, 0.1) is 15.3 Å². The molecule has 0 radical (unpaired) electrons. The molecular weight excluding hydrogens is 536 g/mol. The van der Waals surface area contributed by atoms with Crippen molar-refractivity contribution in [2.75, 3.05) is 32.6 Å². The van der Waals surface area contributed by atoms with Crippen LogP contribution < -0.4 is 10.1 Å². The average Bonchev–Trinajstić information content (AvgIpc) is 3.26. The number of anilines is 1. The standard InChI is InChI=1S/C29H29ClN4O4S/c1-5-8-23-24(19-11-12-22(26(30)17(19)2)38-14-13-34(3)4)25-27(31-16-32-28(25)39-23)33-20(29(36)37)15-18-9-6-7-10-21(18)35/h6-7,9-12,16,20,35H,13-15H2,1-4H3,(H,36,37)(H,31,32,33)/t20-/m1/s1. The Morgan fingerprint density at radius 2 is 2.00 bits per heavy atom. The number of hydrogen-bond acceptors (Lipinski definition) is 8. The minimum Gasteiger partial charge on any atom is -0.508 e. The molecule has 0 saturated carbocycles. The van der Waals surface area contributed by atoms with Crippen molar-refractivity contribution in [3.8, 4) is 34.5 Å². The highest BCUT2D eigenvalue weighted by atomic mass is 35.5. The number of phenolic OH excluding ortho intramolecular Hbond substituents is 1. The highest BCUT2D eigenvalue weighted by Gasteiger charge is 2.25. The molecule has 0 spiro atoms. The lowest BCUT2D eigenvalue weighted by atomic mass is 9.97. The molecule has 0 aliphatic carbocycles. The highest BCUT2D eigenvalue weighted by Crippen LogP contribution is 2.44. The zero-order valence-corrected chi connectivity index (χ0v) is 23.7. The number of aliphatic carboxylic acids is 1. The molecule has 0 bridgehead atoms. The predicted molar refractivity (Wildman–Crippen MR) is 156 cm³/mol. The number of likely N-dealkylation sites (N-methyl/N-ethyl adjacent to an activating group) is 1. The number of benzene rings is 2. The molecule has 8 nitrogen and oxygen atoms in total. The van der Waals surface area contributed by atoms with Crippen LogP contribution in [0.25, 0.3) is 21.3 Å². The molecule has 39 heavy (non-hydrogen) atoms. The van der Waals surface area contributed by atoms with Gasteiger partial charge in [0, 0.05) is 18.5 Å². The minimum atomic E-state index is -1.08. The number of carboxylic acids is 1. The summed E-state index contributed by atoms with van der Waals surface area (Å²) in [7, 11) is 3.95. The molecule has 10 heteroatoms. The first kappa shape index (κ1) is 28.2. The summed E-state index contributed by atoms with van der Waals surface area (Å²) in [5.41, 5.74) is 2.92. The van der Waals surface area contributed by atoms with Crippen molar-refractivity contribution < 1.29 is 19.7 Å². The maximum Gasteiger partial charge on any atom is 0.326 e. The number of hydrogen-bond donors (Lipinski definition) is 3. The van der Waals surface area contributed by atoms with Crippen LogP contribution in [-0.4, -0.2) is 64.3 Å². The van der Waals surface area contributed by atoms with Gasteiger partial charge in [-0.2, -0.15) is 0 Å². The lowest BCUT2D eigenvalue weighted by Crippen LogP contribution is -2.32. The van der Waals surface area contributed by atoms with E-state index in [-0.39, 0.29) is 12.2 Å². The van der Waals surface area contributed by atoms with Gasteiger partial charge in [-0.05, 0) is 56.8 Å². The number of ether oxygens (including phenoxy) is 1. The second-order valence-electron chi connectivity index (χ2n) is 9.15. The molecule has 3 N–H and O–H groups in total. The zero-order valence-electron chi connectivity index (χ0n) is 22.1. The summed E-state index contributed by atoms with van der Waals surface area (Å²) >= 11 is 8.17. The smallest absolute Gasteiger partial charge is 0.326 e. The van der Waals surface area contributed by atoms with Crippen molar-refractivity contribution in [1.29, 1.82) is 0 Å². The molecule has 1 atom stereocenters. The average molecular weight is 565 g/mol. The lowest BCUT2D eigenvalue weighted by molar-refractivity contribution is -0.137. The van der Waals surface area contributed by atoms with Gasteiger partial charge >= 0.3 is 5.97 Å². The highest BCUT2D eigenvalue weighted by molar-refractivity contribution is 7.19. The number of phenols is 1. The largest absolute Gasteiger partial charge is 0.508 e. The van der Waals surface area contributed by atoms with Gasteiger partial charge in [-0.15, -0.1) is 17.3 Å². The van der Waals surface area contributed by atoms with E-state index in [4.69, 9.17) is 16.3 Å². The molecule has 4 aromatic rings. The van der Waals surface area contributed by atoms with Crippen molar-refractivity contribution in [2.45, 2.75) is 26.3 Å². The summed E-state index contributed by atoms with van der Waals surface area (Å²) in [4.78, 5) is 24.6. The number of nitrogens with zero attached hydrogens (tertiary/aromatic N) is 3. The van der Waals surface area contributed by atoms with Crippen LogP contribution in [0.1, 0.15) is 22.9 Å². The van der Waals surface area contributed by atoms with E-state index in [0.29, 0.717) is 39.0 Å². The van der Waals surface area contributed by atoms with Crippen LogP contribution in [0.15, 0.2) is 42.7 Å². The molecule has 0 amide bonds. The summed E-state index contributed by atoms with van der Waals surface area (Å²) in [6.45, 7) is 4.92. The van der Waals surface area contributed by atoms with Gasteiger partial charge in [-0.25, -0.2) is 14.8 Å². The fourth-order valence-corrected chi connectivity index (χ4v) is 5.43. The number of aromatic nitrogens is 2. The Labute approximate surface area is 236 Å². The maximum absolute atomic E-state index is 12.2. The van der Waals surface area contributed by atoms with Gasteiger partial charge in [0.1, 0.15) is 41.1 Å². The maximum atomic E-state index is 12.2. The van der Waals surface area contributed by atoms with Crippen molar-refractivity contribution in [3.63, 3.8) is 0 Å². The number of aromatic hydroxyl groups is 1. The van der Waals surface area contributed by atoms with E-state index in [9.17, 15) is 15.0 Å². The monoisotopic (exact) mass is 564 g/mol. The Morgan fingerprint density at radius 1 is 1.23 bits per heavy atom. The number of fused-ring (bicyclic) bond motifs is 1. The topological polar surface area (TPSA) is 108 Å². The molecule has 2 aromatic heterocycles. The predicted octanol–water partition coefficient (Wildman–Crippen LogP) is 5.45. The fourth-order valence-electron chi connectivity index (χ4n) is 4.15. The Hall–Kier alpha value is -3.84. The second kappa shape index (κ2) is 12.3. The third-order valence-corrected chi connectivity index (χ3v) is 7.65. The molecular formula is C29H29ClN4O4S. The van der Waals surface area contributed by atoms with Crippen LogP contribution in [-0.2, 0) is 11.2 Å². The number of nitrogens with one attached hydrogen (secondary N) is 1. The van der Waals surface area contributed by atoms with Crippen LogP contribution in [0.2, 0.25) is 5.02 Å². The quantitative estimate of drug-likeness (QED) is 0.218. The summed E-state index contributed by atoms with van der Waals surface area (Å²) < 4.78 is 5.91. The van der Waals surface area contributed by atoms with E-state index in [0.717, 1.165) is 28.1 Å². The van der Waals surface area contributed by atoms with E-state index >= 15 is 0 Å². The Balaban J connectivity index is 1.80. The first-order valence-electron chi connectivity index (χ1n) is 12.2. The number of carboxylic acid groups (broad SMARTS) is 1. The molecule has 2 heterocycles. The molecule has 0 saturated heterocycles. The number of halogens is 1. The van der Waals surface area contributed by atoms with Crippen LogP contribution >= 0.6 is 22.9 Å². The Bertz CT molecular complexity index is 1580. The number of thiophene rings is 1. The van der Waals surface area contributed by atoms with Crippen molar-refractivity contribution in [2.24, 2.45) is 0 Å². The van der Waals surface area contributed by atoms with Crippen LogP contribution in [0.4, 0.5) is 5.82 Å². The van der Waals surface area contributed by atoms with Gasteiger partial charge in [0.2, 0.25) is 0 Å². The molecule has 0 aliphatic heterocycles. The van der Waals surface area contributed by atoms with Gasteiger partial charge in [-0.1, -0.05) is 41.8 Å². The van der Waals surface area contributed by atoms with Crippen LogP contribution in [0.3, 0.4) is 0 Å². The van der Waals surface area contributed by atoms with Gasteiger partial charge < -0.3 is 25.2 Å². The summed E-state index contributed by atoms with van der Waals surface area (Å²) in [6, 6.07) is 9.39. The van der Waals surface area contributed by atoms with Gasteiger partial charge in [-0.3, -0.25) is 0 Å². The van der Waals surface area contributed by atoms with Crippen LogP contribution in [0, 0.1) is 18.8 Å². The Kier molecular flexibility index (Phi) is 8.92. The molecule has 2 aromatic carbocycles. The summed E-state index contributed by atoms with van der Waals surface area (Å²) in [6.07, 6.45) is 1.45. The molecule has 0 aliphatic rings. The normalized spacial score (nSPS) is 11.7. The summed E-state index contributed by atoms with van der Waals surface area (Å²) in [5, 5.41) is 24.5. The van der Waals surface area contributed by atoms with E-state index in [1.807, 2.05) is 38.1 Å². The van der Waals surface area contributed by atoms with E-state index in [1.54, 1.807) is 25.1 Å². The first-order valence-corrected chi connectivity index (χ1v) is 13.4. The number of rotatable bonds is 10. The van der Waals surface area contributed by atoms with Crippen molar-refractivity contribution >= 4 is 44.9 Å². The zero-order chi connectivity index (χ0) is 28.1. The third-order valence-electron chi connectivity index (χ3n) is 6.17. The number of para-hydroxylation sites is 1. The minimum absolute atomic E-state index is 0.0354. The van der Waals surface area contributed by atoms with Gasteiger partial charge in [0.25, 0.3) is 0 Å². The lowest BCUT2D eigenvalue weighted by Gasteiger charge is -2.18. The molecule has 0 fully saturated rings. The number of carbonyl (C=O) groups is 1. The first-order chi connectivity index (χ1) is 18.7. The van der Waals surface area contributed by atoms with Crippen molar-refractivity contribution in [3.05, 3.63) is 63.8 Å². The third kappa shape index (κ3) is 6.25. The van der Waals surface area contributed by atoms with Gasteiger partial charge in [0.15, 0.2) is 0 Å². The molecule has 202 valence electrons. The fraction of sp³-hybridized carbons (Fsp3) is 0.276. The SMILES string of the molecule is CC#Cc1sc2ncnc(N[C@H](Cc3ccccc3O)C(=O)O)c2c1-c1ccc(OCCN(C)C)c(Cl)c1C. The van der Waals surface area contributed by atoms with Crippen LogP contribution in [0.5, 0.6) is 11.5 Å². The summed E-state index contributed by atoms with van der Waals surface area (Å²) in [5.74, 6) is 6.04. The molecule has 0 unspecified atom stereocenters. The van der Waals surface area contributed by atoms with E-state index in [1.165, 1.54) is 23.7 Å². The van der Waals surface area contributed by atoms with E-state index < -0.39 is 12.0 Å². The Morgan fingerprint density at radius 3 is 2.69 bits per heavy atom. The molecule has 4 rings (SSSR count). The van der Waals surface area contributed by atoms with E-state index in [2.05, 4.69) is 27.1 Å². The second-order valence-corrected chi connectivity index (χ2v) is 10.5.